The van der Waals surface area contributed by atoms with Gasteiger partial charge in [-0.2, -0.15) is 0 Å². The first-order valence-electron chi connectivity index (χ1n) is 8.85. The first-order valence-corrected chi connectivity index (χ1v) is 10.3. The van der Waals surface area contributed by atoms with Gasteiger partial charge in [-0.1, -0.05) is 42.5 Å². The third-order valence-corrected chi connectivity index (χ3v) is 6.43. The molecule has 5 nitrogen and oxygen atoms in total. The second kappa shape index (κ2) is 8.35. The highest BCUT2D eigenvalue weighted by Crippen LogP contribution is 2.35. The molecule has 1 atom stereocenters. The molecular weight excluding hydrogens is 374 g/mol. The van der Waals surface area contributed by atoms with Crippen molar-refractivity contribution in [3.63, 3.8) is 0 Å². The van der Waals surface area contributed by atoms with Gasteiger partial charge in [0.25, 0.3) is 10.0 Å². The molecule has 3 rings (SSSR count). The van der Waals surface area contributed by atoms with Crippen LogP contribution in [0.5, 0.6) is 11.5 Å². The summed E-state index contributed by atoms with van der Waals surface area (Å²) in [6.45, 7) is 1.87. The molecule has 0 saturated heterocycles. The standard InChI is InChI=1S/C22H23NO4S/c1-17(18-9-5-4-6-10-18)23(19-11-7-12-20(15-19)26-2)28(24,25)22-14-8-13-21(16-22)27-3/h4-17H,1-3H3/t17-/m1/s1. The van der Waals surface area contributed by atoms with Crippen LogP contribution in [0.1, 0.15) is 18.5 Å². The lowest BCUT2D eigenvalue weighted by atomic mass is 10.1. The fraction of sp³-hybridized carbons (Fsp3) is 0.182. The molecule has 3 aromatic rings. The van der Waals surface area contributed by atoms with E-state index in [0.717, 1.165) is 5.56 Å². The average molecular weight is 397 g/mol. The number of rotatable bonds is 7. The van der Waals surface area contributed by atoms with Crippen LogP contribution in [0.4, 0.5) is 5.69 Å². The van der Waals surface area contributed by atoms with Crippen LogP contribution >= 0.6 is 0 Å². The van der Waals surface area contributed by atoms with Crippen molar-refractivity contribution < 1.29 is 17.9 Å². The summed E-state index contributed by atoms with van der Waals surface area (Å²) in [5.41, 5.74) is 1.41. The maximum Gasteiger partial charge on any atom is 0.265 e. The van der Waals surface area contributed by atoms with Gasteiger partial charge in [-0.25, -0.2) is 8.42 Å². The Kier molecular flexibility index (Phi) is 5.90. The number of methoxy groups -OCH3 is 2. The van der Waals surface area contributed by atoms with Crippen LogP contribution in [-0.4, -0.2) is 22.6 Å². The van der Waals surface area contributed by atoms with Gasteiger partial charge < -0.3 is 9.47 Å². The van der Waals surface area contributed by atoms with Crippen molar-refractivity contribution in [2.24, 2.45) is 0 Å². The van der Waals surface area contributed by atoms with E-state index < -0.39 is 16.1 Å². The SMILES string of the molecule is COc1cccc(N([C@H](C)c2ccccc2)S(=O)(=O)c2cccc(OC)c2)c1. The van der Waals surface area contributed by atoms with Gasteiger partial charge >= 0.3 is 0 Å². The molecule has 0 fully saturated rings. The summed E-state index contributed by atoms with van der Waals surface area (Å²) in [4.78, 5) is 0.164. The van der Waals surface area contributed by atoms with Gasteiger partial charge in [-0.3, -0.25) is 4.31 Å². The van der Waals surface area contributed by atoms with Crippen molar-refractivity contribution in [2.45, 2.75) is 17.9 Å². The quantitative estimate of drug-likeness (QED) is 0.582. The number of ether oxygens (including phenoxy) is 2. The Balaban J connectivity index is 2.17. The third-order valence-electron chi connectivity index (χ3n) is 4.54. The molecule has 0 saturated carbocycles. The van der Waals surface area contributed by atoms with Gasteiger partial charge in [0.2, 0.25) is 0 Å². The smallest absolute Gasteiger partial charge is 0.265 e. The van der Waals surface area contributed by atoms with E-state index in [-0.39, 0.29) is 4.90 Å². The Bertz CT molecular complexity index is 1040. The molecule has 0 unspecified atom stereocenters. The molecule has 0 aliphatic rings. The second-order valence-electron chi connectivity index (χ2n) is 6.27. The minimum Gasteiger partial charge on any atom is -0.497 e. The zero-order valence-electron chi connectivity index (χ0n) is 16.1. The van der Waals surface area contributed by atoms with Crippen LogP contribution in [0.3, 0.4) is 0 Å². The van der Waals surface area contributed by atoms with Crippen molar-refractivity contribution in [3.05, 3.63) is 84.4 Å². The van der Waals surface area contributed by atoms with E-state index in [1.54, 1.807) is 49.6 Å². The Morgan fingerprint density at radius 1 is 0.786 bits per heavy atom. The van der Waals surface area contributed by atoms with Crippen LogP contribution in [0.15, 0.2) is 83.8 Å². The summed E-state index contributed by atoms with van der Waals surface area (Å²) in [5.74, 6) is 1.07. The molecule has 28 heavy (non-hydrogen) atoms. The molecule has 0 aliphatic carbocycles. The zero-order valence-corrected chi connectivity index (χ0v) is 16.9. The Labute approximate surface area is 166 Å². The fourth-order valence-corrected chi connectivity index (χ4v) is 4.73. The van der Waals surface area contributed by atoms with Gasteiger partial charge in [0.05, 0.1) is 30.8 Å². The molecular formula is C22H23NO4S. The number of hydrogen-bond acceptors (Lipinski definition) is 4. The second-order valence-corrected chi connectivity index (χ2v) is 8.08. The lowest BCUT2D eigenvalue weighted by Gasteiger charge is -2.31. The van der Waals surface area contributed by atoms with Gasteiger partial charge in [0, 0.05) is 12.1 Å². The summed E-state index contributed by atoms with van der Waals surface area (Å²) in [5, 5.41) is 0. The summed E-state index contributed by atoms with van der Waals surface area (Å²) in [6.07, 6.45) is 0. The van der Waals surface area contributed by atoms with E-state index in [1.165, 1.54) is 17.5 Å². The number of nitrogens with zero attached hydrogens (tertiary/aromatic N) is 1. The van der Waals surface area contributed by atoms with Crippen LogP contribution in [0, 0.1) is 0 Å². The van der Waals surface area contributed by atoms with Crippen LogP contribution in [0.25, 0.3) is 0 Å². The molecule has 0 heterocycles. The molecule has 3 aromatic carbocycles. The van der Waals surface area contributed by atoms with E-state index in [9.17, 15) is 8.42 Å². The highest BCUT2D eigenvalue weighted by molar-refractivity contribution is 7.92. The van der Waals surface area contributed by atoms with Crippen LogP contribution < -0.4 is 13.8 Å². The third kappa shape index (κ3) is 3.97. The molecule has 0 radical (unpaired) electrons. The summed E-state index contributed by atoms with van der Waals surface area (Å²) in [7, 11) is -0.793. The minimum atomic E-state index is -3.86. The van der Waals surface area contributed by atoms with Gasteiger partial charge in [0.1, 0.15) is 11.5 Å². The van der Waals surface area contributed by atoms with E-state index in [1.807, 2.05) is 37.3 Å². The van der Waals surface area contributed by atoms with Gasteiger partial charge in [-0.15, -0.1) is 0 Å². The number of benzene rings is 3. The monoisotopic (exact) mass is 397 g/mol. The Morgan fingerprint density at radius 3 is 2.04 bits per heavy atom. The van der Waals surface area contributed by atoms with Gasteiger partial charge in [0.15, 0.2) is 0 Å². The van der Waals surface area contributed by atoms with Crippen LogP contribution in [-0.2, 0) is 10.0 Å². The number of hydrogen-bond donors (Lipinski definition) is 0. The summed E-state index contributed by atoms with van der Waals surface area (Å²) >= 11 is 0. The van der Waals surface area contributed by atoms with Crippen molar-refractivity contribution in [2.75, 3.05) is 18.5 Å². The highest BCUT2D eigenvalue weighted by atomic mass is 32.2. The number of sulfonamides is 1. The summed E-state index contributed by atoms with van der Waals surface area (Å²) < 4.78 is 39.2. The zero-order chi connectivity index (χ0) is 20.1. The van der Waals surface area contributed by atoms with Crippen molar-refractivity contribution >= 4 is 15.7 Å². The fourth-order valence-electron chi connectivity index (χ4n) is 3.06. The first-order chi connectivity index (χ1) is 13.5. The maximum atomic E-state index is 13.6. The lowest BCUT2D eigenvalue weighted by molar-refractivity contribution is 0.413. The largest absolute Gasteiger partial charge is 0.497 e. The molecule has 0 aromatic heterocycles. The van der Waals surface area contributed by atoms with E-state index in [0.29, 0.717) is 17.2 Å². The number of anilines is 1. The van der Waals surface area contributed by atoms with Gasteiger partial charge in [-0.05, 0) is 36.8 Å². The minimum absolute atomic E-state index is 0.164. The summed E-state index contributed by atoms with van der Waals surface area (Å²) in [6, 6.07) is 22.6. The molecule has 0 N–H and O–H groups in total. The molecule has 0 amide bonds. The van der Waals surface area contributed by atoms with E-state index >= 15 is 0 Å². The Morgan fingerprint density at radius 2 is 1.39 bits per heavy atom. The predicted octanol–water partition coefficient (Wildman–Crippen LogP) is 4.66. The van der Waals surface area contributed by atoms with Crippen molar-refractivity contribution in [1.29, 1.82) is 0 Å². The van der Waals surface area contributed by atoms with Crippen molar-refractivity contribution in [1.82, 2.24) is 0 Å². The molecule has 0 bridgehead atoms. The molecule has 0 spiro atoms. The molecule has 6 heteroatoms. The topological polar surface area (TPSA) is 55.8 Å². The van der Waals surface area contributed by atoms with Crippen molar-refractivity contribution in [3.8, 4) is 11.5 Å². The van der Waals surface area contributed by atoms with E-state index in [2.05, 4.69) is 0 Å². The molecule has 0 aliphatic heterocycles. The van der Waals surface area contributed by atoms with Crippen LogP contribution in [0.2, 0.25) is 0 Å². The predicted molar refractivity (Wildman–Crippen MR) is 111 cm³/mol. The lowest BCUT2D eigenvalue weighted by Crippen LogP contribution is -2.33. The normalized spacial score (nSPS) is 12.2. The molecule has 146 valence electrons. The first kappa shape index (κ1) is 19.8. The maximum absolute atomic E-state index is 13.6. The van der Waals surface area contributed by atoms with E-state index in [4.69, 9.17) is 9.47 Å². The Hall–Kier alpha value is -2.99. The average Bonchev–Trinajstić information content (AvgIpc) is 2.74. The highest BCUT2D eigenvalue weighted by Gasteiger charge is 2.31.